The van der Waals surface area contributed by atoms with E-state index in [2.05, 4.69) is 15.2 Å². The van der Waals surface area contributed by atoms with Gasteiger partial charge in [-0.2, -0.15) is 4.98 Å². The first kappa shape index (κ1) is 17.3. The Morgan fingerprint density at radius 2 is 2.11 bits per heavy atom. The summed E-state index contributed by atoms with van der Waals surface area (Å²) in [6.07, 6.45) is 2.28. The standard InChI is InChI=1S/C18H20ClN3O4S/c19-12-1-2-15-14(5-12)21-17(26-15)22-9-18(10-22)6-13(7-18)20-16(23)11-3-4-27(24,25)8-11/h1-2,5,11,13H,3-4,6-10H2,(H,20,23). The van der Waals surface area contributed by atoms with Crippen LogP contribution >= 0.6 is 11.6 Å². The highest BCUT2D eigenvalue weighted by atomic mass is 35.5. The number of halogens is 1. The number of sulfone groups is 1. The second kappa shape index (κ2) is 5.85. The molecular weight excluding hydrogens is 390 g/mol. The zero-order valence-electron chi connectivity index (χ0n) is 14.7. The lowest BCUT2D eigenvalue weighted by Gasteiger charge is -2.58. The molecule has 7 nitrogen and oxygen atoms in total. The molecule has 9 heteroatoms. The molecule has 1 atom stereocenters. The van der Waals surface area contributed by atoms with Gasteiger partial charge in [0.15, 0.2) is 15.4 Å². The van der Waals surface area contributed by atoms with Gasteiger partial charge in [0.2, 0.25) is 5.91 Å². The largest absolute Gasteiger partial charge is 0.423 e. The fourth-order valence-corrected chi connectivity index (χ4v) is 6.50. The van der Waals surface area contributed by atoms with Crippen LogP contribution in [0, 0.1) is 11.3 Å². The molecule has 1 spiro atoms. The van der Waals surface area contributed by atoms with Crippen molar-refractivity contribution in [2.75, 3.05) is 29.5 Å². The average Bonchev–Trinajstić information content (AvgIpc) is 3.10. The maximum atomic E-state index is 12.2. The van der Waals surface area contributed by atoms with Crippen LogP contribution in [0.4, 0.5) is 6.01 Å². The van der Waals surface area contributed by atoms with Crippen molar-refractivity contribution < 1.29 is 17.6 Å². The van der Waals surface area contributed by atoms with Crippen molar-refractivity contribution >= 4 is 44.5 Å². The molecule has 3 fully saturated rings. The van der Waals surface area contributed by atoms with E-state index >= 15 is 0 Å². The number of amides is 1. The number of carbonyl (C=O) groups is 1. The first-order valence-electron chi connectivity index (χ1n) is 9.13. The molecule has 144 valence electrons. The van der Waals surface area contributed by atoms with Crippen LogP contribution in [-0.4, -0.2) is 49.9 Å². The van der Waals surface area contributed by atoms with E-state index in [1.165, 1.54) is 0 Å². The number of aromatic nitrogens is 1. The molecule has 27 heavy (non-hydrogen) atoms. The quantitative estimate of drug-likeness (QED) is 0.833. The smallest absolute Gasteiger partial charge is 0.298 e. The summed E-state index contributed by atoms with van der Waals surface area (Å²) < 4.78 is 28.8. The van der Waals surface area contributed by atoms with Crippen molar-refractivity contribution in [1.82, 2.24) is 10.3 Å². The lowest BCUT2D eigenvalue weighted by molar-refractivity contribution is -0.126. The predicted octanol–water partition coefficient (Wildman–Crippen LogP) is 2.00. The van der Waals surface area contributed by atoms with Gasteiger partial charge >= 0.3 is 0 Å². The molecule has 2 aromatic rings. The van der Waals surface area contributed by atoms with E-state index < -0.39 is 9.84 Å². The van der Waals surface area contributed by atoms with E-state index in [0.29, 0.717) is 17.5 Å². The Balaban J connectivity index is 1.15. The summed E-state index contributed by atoms with van der Waals surface area (Å²) in [5.74, 6) is -0.365. The third kappa shape index (κ3) is 3.08. The summed E-state index contributed by atoms with van der Waals surface area (Å²) in [4.78, 5) is 18.9. The summed E-state index contributed by atoms with van der Waals surface area (Å²) in [6, 6.07) is 6.15. The summed E-state index contributed by atoms with van der Waals surface area (Å²) in [6.45, 7) is 1.72. The van der Waals surface area contributed by atoms with Gasteiger partial charge in [-0.05, 0) is 37.5 Å². The van der Waals surface area contributed by atoms with Crippen molar-refractivity contribution in [2.45, 2.75) is 25.3 Å². The number of nitrogens with zero attached hydrogens (tertiary/aromatic N) is 2. The second-order valence-electron chi connectivity index (χ2n) is 8.18. The fourth-order valence-electron chi connectivity index (χ4n) is 4.59. The van der Waals surface area contributed by atoms with Crippen molar-refractivity contribution in [2.24, 2.45) is 11.3 Å². The topological polar surface area (TPSA) is 92.5 Å². The molecule has 1 unspecified atom stereocenters. The van der Waals surface area contributed by atoms with E-state index in [0.717, 1.165) is 37.0 Å². The number of hydrogen-bond donors (Lipinski definition) is 1. The fraction of sp³-hybridized carbons (Fsp3) is 0.556. The van der Waals surface area contributed by atoms with Gasteiger partial charge in [0.1, 0.15) is 5.52 Å². The van der Waals surface area contributed by atoms with E-state index in [-0.39, 0.29) is 34.8 Å². The molecule has 1 N–H and O–H groups in total. The zero-order chi connectivity index (χ0) is 18.8. The number of rotatable bonds is 3. The number of hydrogen-bond acceptors (Lipinski definition) is 6. The Morgan fingerprint density at radius 3 is 2.81 bits per heavy atom. The van der Waals surface area contributed by atoms with Crippen LogP contribution < -0.4 is 10.2 Å². The minimum absolute atomic E-state index is 0.00773. The highest BCUT2D eigenvalue weighted by Crippen LogP contribution is 2.49. The molecule has 0 bridgehead atoms. The highest BCUT2D eigenvalue weighted by molar-refractivity contribution is 7.91. The van der Waals surface area contributed by atoms with Gasteiger partial charge in [-0.1, -0.05) is 11.6 Å². The second-order valence-corrected chi connectivity index (χ2v) is 10.8. The molecular formula is C18H20ClN3O4S. The van der Waals surface area contributed by atoms with Crippen LogP contribution in [0.15, 0.2) is 22.6 Å². The first-order chi connectivity index (χ1) is 12.8. The SMILES string of the molecule is O=C(NC1CC2(C1)CN(c1nc3cc(Cl)ccc3o1)C2)C1CCS(=O)(=O)C1. The Hall–Kier alpha value is -1.80. The molecule has 3 aliphatic rings. The molecule has 1 aromatic heterocycles. The normalized spacial score (nSPS) is 26.1. The Kier molecular flexibility index (Phi) is 3.75. The van der Waals surface area contributed by atoms with Crippen LogP contribution in [0.5, 0.6) is 0 Å². The third-order valence-electron chi connectivity index (χ3n) is 5.97. The van der Waals surface area contributed by atoms with Crippen molar-refractivity contribution in [3.63, 3.8) is 0 Å². The molecule has 1 saturated carbocycles. The average molecular weight is 410 g/mol. The summed E-state index contributed by atoms with van der Waals surface area (Å²) in [5, 5.41) is 3.66. The number of carbonyl (C=O) groups excluding carboxylic acids is 1. The lowest BCUT2D eigenvalue weighted by atomic mass is 9.60. The van der Waals surface area contributed by atoms with E-state index in [9.17, 15) is 13.2 Å². The number of fused-ring (bicyclic) bond motifs is 1. The number of anilines is 1. The Labute approximate surface area is 162 Å². The van der Waals surface area contributed by atoms with Gasteiger partial charge in [0, 0.05) is 29.6 Å². The van der Waals surface area contributed by atoms with Crippen LogP contribution in [0.25, 0.3) is 11.1 Å². The minimum atomic E-state index is -3.03. The highest BCUT2D eigenvalue weighted by Gasteiger charge is 2.54. The number of oxazole rings is 1. The van der Waals surface area contributed by atoms with Crippen molar-refractivity contribution in [1.29, 1.82) is 0 Å². The van der Waals surface area contributed by atoms with Crippen LogP contribution in [0.3, 0.4) is 0 Å². The van der Waals surface area contributed by atoms with E-state index in [1.807, 2.05) is 6.07 Å². The van der Waals surface area contributed by atoms with Crippen LogP contribution in [0.2, 0.25) is 5.02 Å². The molecule has 0 radical (unpaired) electrons. The lowest BCUT2D eigenvalue weighted by Crippen LogP contribution is -2.67. The van der Waals surface area contributed by atoms with Gasteiger partial charge in [-0.3, -0.25) is 4.79 Å². The third-order valence-corrected chi connectivity index (χ3v) is 7.97. The molecule has 1 aliphatic carbocycles. The maximum Gasteiger partial charge on any atom is 0.298 e. The van der Waals surface area contributed by atoms with E-state index in [1.54, 1.807) is 12.1 Å². The van der Waals surface area contributed by atoms with Gasteiger partial charge in [0.25, 0.3) is 6.01 Å². The predicted molar refractivity (Wildman–Crippen MR) is 102 cm³/mol. The van der Waals surface area contributed by atoms with Crippen molar-refractivity contribution in [3.05, 3.63) is 23.2 Å². The molecule has 2 aliphatic heterocycles. The number of nitrogens with one attached hydrogen (secondary N) is 1. The van der Waals surface area contributed by atoms with Crippen molar-refractivity contribution in [3.8, 4) is 0 Å². The molecule has 1 aromatic carbocycles. The van der Waals surface area contributed by atoms with Gasteiger partial charge in [-0.15, -0.1) is 0 Å². The molecule has 2 saturated heterocycles. The first-order valence-corrected chi connectivity index (χ1v) is 11.3. The van der Waals surface area contributed by atoms with E-state index in [4.69, 9.17) is 16.0 Å². The zero-order valence-corrected chi connectivity index (χ0v) is 16.2. The minimum Gasteiger partial charge on any atom is -0.423 e. The summed E-state index contributed by atoms with van der Waals surface area (Å²) in [7, 11) is -3.03. The summed E-state index contributed by atoms with van der Waals surface area (Å²) >= 11 is 5.99. The number of benzene rings is 1. The summed E-state index contributed by atoms with van der Waals surface area (Å²) in [5.41, 5.74) is 1.68. The van der Waals surface area contributed by atoms with Gasteiger partial charge in [0.05, 0.1) is 17.4 Å². The monoisotopic (exact) mass is 409 g/mol. The maximum absolute atomic E-state index is 12.2. The Morgan fingerprint density at radius 1 is 1.33 bits per heavy atom. The molecule has 5 rings (SSSR count). The Bertz CT molecular complexity index is 1020. The molecule has 1 amide bonds. The van der Waals surface area contributed by atoms with Gasteiger partial charge in [-0.25, -0.2) is 8.42 Å². The van der Waals surface area contributed by atoms with Crippen LogP contribution in [-0.2, 0) is 14.6 Å². The molecule has 3 heterocycles. The van der Waals surface area contributed by atoms with Gasteiger partial charge < -0.3 is 14.6 Å². The van der Waals surface area contributed by atoms with Crippen LogP contribution in [0.1, 0.15) is 19.3 Å².